The first-order valence-corrected chi connectivity index (χ1v) is 11.3. The second-order valence-electron chi connectivity index (χ2n) is 7.96. The number of hydrogen-bond donors (Lipinski definition) is 1. The molecule has 2 aromatic carbocycles. The molecule has 32 heavy (non-hydrogen) atoms. The molecule has 10 heteroatoms. The van der Waals surface area contributed by atoms with Gasteiger partial charge in [-0.3, -0.25) is 9.69 Å². The number of nitrogens with zero attached hydrogens (tertiary/aromatic N) is 3. The molecule has 1 N–H and O–H groups in total. The van der Waals surface area contributed by atoms with Gasteiger partial charge in [-0.05, 0) is 62.3 Å². The predicted octanol–water partition coefficient (Wildman–Crippen LogP) is 5.58. The van der Waals surface area contributed by atoms with E-state index in [1.54, 1.807) is 11.3 Å². The van der Waals surface area contributed by atoms with Crippen LogP contribution in [0.1, 0.15) is 35.2 Å². The molecule has 5 rings (SSSR count). The first kappa shape index (κ1) is 21.4. The Morgan fingerprint density at radius 3 is 2.62 bits per heavy atom. The molecule has 0 saturated carbocycles. The van der Waals surface area contributed by atoms with Gasteiger partial charge in [-0.1, -0.05) is 11.6 Å². The van der Waals surface area contributed by atoms with Crippen LogP contribution in [0.4, 0.5) is 13.2 Å². The Bertz CT molecular complexity index is 1360. The predicted molar refractivity (Wildman–Crippen MR) is 119 cm³/mol. The summed E-state index contributed by atoms with van der Waals surface area (Å²) in [6.07, 6.45) is -2.67. The fourth-order valence-electron chi connectivity index (χ4n) is 4.08. The van der Waals surface area contributed by atoms with Crippen molar-refractivity contribution in [3.63, 3.8) is 0 Å². The Morgan fingerprint density at radius 2 is 1.88 bits per heavy atom. The first-order valence-electron chi connectivity index (χ1n) is 10.1. The molecule has 0 bridgehead atoms. The van der Waals surface area contributed by atoms with Crippen molar-refractivity contribution in [1.82, 2.24) is 19.9 Å². The Labute approximate surface area is 189 Å². The quantitative estimate of drug-likeness (QED) is 0.417. The molecule has 0 unspecified atom stereocenters. The third kappa shape index (κ3) is 4.24. The molecule has 0 radical (unpaired) electrons. The maximum Gasteiger partial charge on any atom is 0.416 e. The second kappa shape index (κ2) is 8.13. The lowest BCUT2D eigenvalue weighted by molar-refractivity contribution is -0.137. The number of H-pyrrole nitrogens is 1. The Morgan fingerprint density at radius 1 is 1.09 bits per heavy atom. The average Bonchev–Trinajstić information content (AvgIpc) is 3.16. The van der Waals surface area contributed by atoms with Crippen LogP contribution in [0.25, 0.3) is 21.1 Å². The molecule has 5 nitrogen and oxygen atoms in total. The first-order chi connectivity index (χ1) is 15.3. The Balaban J connectivity index is 1.30. The van der Waals surface area contributed by atoms with Crippen LogP contribution in [0.3, 0.4) is 0 Å². The monoisotopic (exact) mass is 478 g/mol. The molecule has 1 aliphatic heterocycles. The van der Waals surface area contributed by atoms with Gasteiger partial charge in [0.2, 0.25) is 0 Å². The zero-order chi connectivity index (χ0) is 22.5. The highest BCUT2D eigenvalue weighted by Gasteiger charge is 2.31. The molecule has 0 atom stereocenters. The molecule has 0 spiro atoms. The van der Waals surface area contributed by atoms with E-state index in [1.165, 1.54) is 6.07 Å². The number of likely N-dealkylation sites (tertiary alicyclic amines) is 1. The number of aromatic amines is 1. The third-order valence-electron chi connectivity index (χ3n) is 5.76. The average molecular weight is 479 g/mol. The van der Waals surface area contributed by atoms with E-state index in [0.717, 1.165) is 53.3 Å². The van der Waals surface area contributed by atoms with Crippen LogP contribution in [0.5, 0.6) is 0 Å². The molecule has 0 aliphatic carbocycles. The van der Waals surface area contributed by atoms with E-state index in [1.807, 2.05) is 18.2 Å². The largest absolute Gasteiger partial charge is 0.416 e. The van der Waals surface area contributed by atoms with E-state index in [9.17, 15) is 18.0 Å². The molecule has 1 saturated heterocycles. The molecule has 166 valence electrons. The summed E-state index contributed by atoms with van der Waals surface area (Å²) in [5, 5.41) is 1.92. The molecular weight excluding hydrogens is 461 g/mol. The van der Waals surface area contributed by atoms with E-state index in [-0.39, 0.29) is 10.9 Å². The van der Waals surface area contributed by atoms with Crippen LogP contribution >= 0.6 is 22.9 Å². The van der Waals surface area contributed by atoms with Gasteiger partial charge in [0.25, 0.3) is 5.56 Å². The topological polar surface area (TPSA) is 61.9 Å². The molecular formula is C22H18ClF3N4OS. The maximum absolute atomic E-state index is 13.0. The highest BCUT2D eigenvalue weighted by atomic mass is 35.5. The third-order valence-corrected chi connectivity index (χ3v) is 7.19. The minimum atomic E-state index is -4.48. The van der Waals surface area contributed by atoms with E-state index >= 15 is 0 Å². The molecule has 2 aromatic heterocycles. The molecule has 1 aliphatic rings. The zero-order valence-corrected chi connectivity index (χ0v) is 18.3. The van der Waals surface area contributed by atoms with Crippen molar-refractivity contribution in [2.45, 2.75) is 31.5 Å². The van der Waals surface area contributed by atoms with E-state index < -0.39 is 17.3 Å². The van der Waals surface area contributed by atoms with Crippen LogP contribution in [0.15, 0.2) is 41.2 Å². The van der Waals surface area contributed by atoms with Crippen molar-refractivity contribution in [3.05, 3.63) is 68.2 Å². The summed E-state index contributed by atoms with van der Waals surface area (Å²) in [7, 11) is 0. The number of thiazole rings is 1. The molecule has 3 heterocycles. The number of nitrogens with one attached hydrogen (secondary N) is 1. The maximum atomic E-state index is 13.0. The fourth-order valence-corrected chi connectivity index (χ4v) is 5.37. The van der Waals surface area contributed by atoms with Crippen molar-refractivity contribution >= 4 is 44.1 Å². The van der Waals surface area contributed by atoms with Crippen molar-refractivity contribution in [3.8, 4) is 0 Å². The lowest BCUT2D eigenvalue weighted by atomic mass is 9.97. The van der Waals surface area contributed by atoms with Gasteiger partial charge in [0, 0.05) is 10.9 Å². The van der Waals surface area contributed by atoms with Crippen LogP contribution in [-0.4, -0.2) is 32.9 Å². The van der Waals surface area contributed by atoms with Gasteiger partial charge in [0.15, 0.2) is 0 Å². The van der Waals surface area contributed by atoms with Gasteiger partial charge < -0.3 is 4.98 Å². The van der Waals surface area contributed by atoms with Crippen LogP contribution in [-0.2, 0) is 12.7 Å². The van der Waals surface area contributed by atoms with Crippen molar-refractivity contribution in [2.24, 2.45) is 0 Å². The fraction of sp³-hybridized carbons (Fsp3) is 0.318. The number of hydrogen-bond acceptors (Lipinski definition) is 5. The lowest BCUT2D eigenvalue weighted by Crippen LogP contribution is -2.33. The minimum Gasteiger partial charge on any atom is -0.309 e. The van der Waals surface area contributed by atoms with Crippen molar-refractivity contribution in [2.75, 3.05) is 13.1 Å². The van der Waals surface area contributed by atoms with Gasteiger partial charge in [0.1, 0.15) is 5.82 Å². The highest BCUT2D eigenvalue weighted by Crippen LogP contribution is 2.35. The van der Waals surface area contributed by atoms with Gasteiger partial charge in [-0.25, -0.2) is 9.97 Å². The second-order valence-corrected chi connectivity index (χ2v) is 9.46. The summed E-state index contributed by atoms with van der Waals surface area (Å²) in [6, 6.07) is 8.73. The normalized spacial score (nSPS) is 16.2. The summed E-state index contributed by atoms with van der Waals surface area (Å²) in [4.78, 5) is 26.2. The Hall–Kier alpha value is -2.49. The van der Waals surface area contributed by atoms with Gasteiger partial charge >= 0.3 is 6.18 Å². The highest BCUT2D eigenvalue weighted by molar-refractivity contribution is 7.18. The van der Waals surface area contributed by atoms with Crippen molar-refractivity contribution < 1.29 is 13.2 Å². The van der Waals surface area contributed by atoms with Gasteiger partial charge in [-0.2, -0.15) is 13.2 Å². The van der Waals surface area contributed by atoms with Gasteiger partial charge in [0.05, 0.1) is 38.2 Å². The van der Waals surface area contributed by atoms with E-state index in [4.69, 9.17) is 16.6 Å². The number of halogens is 4. The van der Waals surface area contributed by atoms with E-state index in [2.05, 4.69) is 14.9 Å². The number of aromatic nitrogens is 3. The molecule has 4 aromatic rings. The van der Waals surface area contributed by atoms with Gasteiger partial charge in [-0.15, -0.1) is 11.3 Å². The summed E-state index contributed by atoms with van der Waals surface area (Å²) >= 11 is 7.74. The summed E-state index contributed by atoms with van der Waals surface area (Å²) in [5.41, 5.74) is -0.272. The molecule has 0 amide bonds. The van der Waals surface area contributed by atoms with E-state index in [0.29, 0.717) is 23.3 Å². The minimum absolute atomic E-state index is 0.0570. The molecule has 1 fully saturated rings. The summed E-state index contributed by atoms with van der Waals surface area (Å²) in [5.74, 6) is 0.718. The summed E-state index contributed by atoms with van der Waals surface area (Å²) in [6.45, 7) is 1.95. The standard InChI is InChI=1S/C22H18ClF3N4OS/c23-14-2-4-18-17(10-14)28-21(32-18)12-5-7-30(8-6-12)11-19-27-16-9-13(22(24,25)26)1-3-15(16)20(31)29-19/h1-4,9-10,12H,5-8,11H2,(H,27,29,31). The number of rotatable bonds is 3. The van der Waals surface area contributed by atoms with Crippen LogP contribution in [0, 0.1) is 0 Å². The number of piperidine rings is 1. The number of fused-ring (bicyclic) bond motifs is 2. The lowest BCUT2D eigenvalue weighted by Gasteiger charge is -2.30. The SMILES string of the molecule is O=c1[nH]c(CN2CCC(c3nc4cc(Cl)ccc4s3)CC2)nc2cc(C(F)(F)F)ccc12. The number of alkyl halides is 3. The Kier molecular flexibility index (Phi) is 5.43. The zero-order valence-electron chi connectivity index (χ0n) is 16.7. The smallest absolute Gasteiger partial charge is 0.309 e. The van der Waals surface area contributed by atoms with Crippen LogP contribution < -0.4 is 5.56 Å². The summed E-state index contributed by atoms with van der Waals surface area (Å²) < 4.78 is 40.2. The van der Waals surface area contributed by atoms with Crippen LogP contribution in [0.2, 0.25) is 5.02 Å². The number of benzene rings is 2. The van der Waals surface area contributed by atoms with Crippen molar-refractivity contribution in [1.29, 1.82) is 0 Å².